The fourth-order valence-electron chi connectivity index (χ4n) is 2.06. The van der Waals surface area contributed by atoms with Gasteiger partial charge in [0.05, 0.1) is 34.4 Å². The fourth-order valence-corrected chi connectivity index (χ4v) is 2.45. The lowest BCUT2D eigenvalue weighted by atomic mass is 10.1. The van der Waals surface area contributed by atoms with Crippen LogP contribution in [0.25, 0.3) is 0 Å². The van der Waals surface area contributed by atoms with Gasteiger partial charge in [-0.05, 0) is 18.1 Å². The highest BCUT2D eigenvalue weighted by Crippen LogP contribution is 2.29. The molecule has 0 spiro atoms. The first kappa shape index (κ1) is 14.4. The van der Waals surface area contributed by atoms with Crippen molar-refractivity contribution in [2.24, 2.45) is 0 Å². The Balaban J connectivity index is 2.18. The second-order valence-electron chi connectivity index (χ2n) is 4.44. The van der Waals surface area contributed by atoms with Crippen LogP contribution in [0.1, 0.15) is 30.7 Å². The minimum absolute atomic E-state index is 0.425. The Kier molecular flexibility index (Phi) is 4.86. The molecule has 1 aromatic heterocycles. The van der Waals surface area contributed by atoms with Gasteiger partial charge in [0, 0.05) is 13.0 Å². The minimum atomic E-state index is -0.634. The summed E-state index contributed by atoms with van der Waals surface area (Å²) in [5.74, 6) is 0. The van der Waals surface area contributed by atoms with Crippen LogP contribution >= 0.6 is 23.2 Å². The molecular formula is C14H16Cl2N2O. The number of halogens is 2. The lowest BCUT2D eigenvalue weighted by molar-refractivity contribution is 0.168. The standard InChI is InChI=1S/C14H16Cl2N2O/c1-2-6-18-9-17-8-12(18)13(19)7-10-4-3-5-11(15)14(10)16/h3-5,8-9,13,19H,2,6-7H2,1H3. The van der Waals surface area contributed by atoms with Crippen molar-refractivity contribution >= 4 is 23.2 Å². The van der Waals surface area contributed by atoms with Crippen molar-refractivity contribution in [3.63, 3.8) is 0 Å². The van der Waals surface area contributed by atoms with Gasteiger partial charge < -0.3 is 9.67 Å². The van der Waals surface area contributed by atoms with Gasteiger partial charge in [-0.3, -0.25) is 0 Å². The van der Waals surface area contributed by atoms with E-state index in [0.29, 0.717) is 16.5 Å². The molecule has 0 bridgehead atoms. The molecule has 5 heteroatoms. The molecule has 1 N–H and O–H groups in total. The van der Waals surface area contributed by atoms with E-state index in [1.54, 1.807) is 18.6 Å². The number of rotatable bonds is 5. The largest absolute Gasteiger partial charge is 0.386 e. The molecule has 0 saturated heterocycles. The lowest BCUT2D eigenvalue weighted by Crippen LogP contribution is -2.09. The Morgan fingerprint density at radius 3 is 2.89 bits per heavy atom. The third-order valence-corrected chi connectivity index (χ3v) is 3.85. The van der Waals surface area contributed by atoms with E-state index in [-0.39, 0.29) is 0 Å². The smallest absolute Gasteiger partial charge is 0.0996 e. The number of aliphatic hydroxyl groups is 1. The Bertz CT molecular complexity index is 554. The maximum Gasteiger partial charge on any atom is 0.0996 e. The molecule has 0 aliphatic carbocycles. The zero-order valence-corrected chi connectivity index (χ0v) is 12.2. The molecule has 3 nitrogen and oxygen atoms in total. The predicted octanol–water partition coefficient (Wildman–Crippen LogP) is 3.88. The normalized spacial score (nSPS) is 12.6. The average Bonchev–Trinajstić information content (AvgIpc) is 2.84. The molecule has 0 aliphatic rings. The monoisotopic (exact) mass is 298 g/mol. The Morgan fingerprint density at radius 2 is 2.16 bits per heavy atom. The Hall–Kier alpha value is -1.03. The third kappa shape index (κ3) is 3.30. The number of aryl methyl sites for hydroxylation is 1. The van der Waals surface area contributed by atoms with Crippen molar-refractivity contribution in [3.8, 4) is 0 Å². The first-order chi connectivity index (χ1) is 9.13. The van der Waals surface area contributed by atoms with Crippen molar-refractivity contribution in [3.05, 3.63) is 52.0 Å². The predicted molar refractivity (Wildman–Crippen MR) is 77.6 cm³/mol. The van der Waals surface area contributed by atoms with Gasteiger partial charge >= 0.3 is 0 Å². The summed E-state index contributed by atoms with van der Waals surface area (Å²) < 4.78 is 1.96. The molecule has 2 rings (SSSR count). The quantitative estimate of drug-likeness (QED) is 0.910. The van der Waals surface area contributed by atoms with Gasteiger partial charge in [-0.1, -0.05) is 42.3 Å². The van der Waals surface area contributed by atoms with Crippen molar-refractivity contribution in [2.75, 3.05) is 0 Å². The molecule has 0 fully saturated rings. The first-order valence-corrected chi connectivity index (χ1v) is 7.00. The zero-order chi connectivity index (χ0) is 13.8. The highest BCUT2D eigenvalue weighted by Gasteiger charge is 2.15. The van der Waals surface area contributed by atoms with E-state index >= 15 is 0 Å². The summed E-state index contributed by atoms with van der Waals surface area (Å²) in [6.45, 7) is 2.93. The second-order valence-corrected chi connectivity index (χ2v) is 5.23. The number of nitrogens with zero attached hydrogens (tertiary/aromatic N) is 2. The van der Waals surface area contributed by atoms with E-state index in [9.17, 15) is 5.11 Å². The van der Waals surface area contributed by atoms with Crippen LogP contribution < -0.4 is 0 Å². The highest BCUT2D eigenvalue weighted by molar-refractivity contribution is 6.42. The maximum atomic E-state index is 10.3. The summed E-state index contributed by atoms with van der Waals surface area (Å²) in [6.07, 6.45) is 4.22. The zero-order valence-electron chi connectivity index (χ0n) is 10.7. The lowest BCUT2D eigenvalue weighted by Gasteiger charge is -2.14. The van der Waals surface area contributed by atoms with Gasteiger partial charge in [0.1, 0.15) is 0 Å². The number of benzene rings is 1. The molecule has 0 aliphatic heterocycles. The van der Waals surface area contributed by atoms with Crippen LogP contribution in [-0.2, 0) is 13.0 Å². The molecule has 0 amide bonds. The third-order valence-electron chi connectivity index (χ3n) is 3.00. The second kappa shape index (κ2) is 6.42. The van der Waals surface area contributed by atoms with Crippen LogP contribution in [0.15, 0.2) is 30.7 Å². The minimum Gasteiger partial charge on any atom is -0.386 e. The summed E-state index contributed by atoms with van der Waals surface area (Å²) in [7, 11) is 0. The Labute approximate surface area is 122 Å². The van der Waals surface area contributed by atoms with E-state index in [1.807, 2.05) is 16.7 Å². The molecule has 1 atom stereocenters. The number of aliphatic hydroxyl groups excluding tert-OH is 1. The highest BCUT2D eigenvalue weighted by atomic mass is 35.5. The van der Waals surface area contributed by atoms with Crippen molar-refractivity contribution in [2.45, 2.75) is 32.4 Å². The number of imidazole rings is 1. The van der Waals surface area contributed by atoms with Crippen LogP contribution in [0, 0.1) is 0 Å². The Morgan fingerprint density at radius 1 is 1.37 bits per heavy atom. The van der Waals surface area contributed by atoms with Crippen LogP contribution in [0.2, 0.25) is 10.0 Å². The van der Waals surface area contributed by atoms with Gasteiger partial charge in [-0.15, -0.1) is 0 Å². The van der Waals surface area contributed by atoms with Gasteiger partial charge in [0.15, 0.2) is 0 Å². The average molecular weight is 299 g/mol. The van der Waals surface area contributed by atoms with Crippen molar-refractivity contribution in [1.29, 1.82) is 0 Å². The summed E-state index contributed by atoms with van der Waals surface area (Å²) in [5, 5.41) is 11.3. The van der Waals surface area contributed by atoms with Gasteiger partial charge in [0.2, 0.25) is 0 Å². The van der Waals surface area contributed by atoms with Crippen LogP contribution in [0.3, 0.4) is 0 Å². The molecule has 19 heavy (non-hydrogen) atoms. The molecule has 0 radical (unpaired) electrons. The van der Waals surface area contributed by atoms with E-state index in [0.717, 1.165) is 24.2 Å². The summed E-state index contributed by atoms with van der Waals surface area (Å²) in [4.78, 5) is 4.09. The van der Waals surface area contributed by atoms with E-state index in [4.69, 9.17) is 23.2 Å². The van der Waals surface area contributed by atoms with E-state index in [1.165, 1.54) is 0 Å². The van der Waals surface area contributed by atoms with Crippen molar-refractivity contribution in [1.82, 2.24) is 9.55 Å². The SMILES string of the molecule is CCCn1cncc1C(O)Cc1cccc(Cl)c1Cl. The van der Waals surface area contributed by atoms with Crippen LogP contribution in [0.5, 0.6) is 0 Å². The van der Waals surface area contributed by atoms with Gasteiger partial charge in [-0.2, -0.15) is 0 Å². The van der Waals surface area contributed by atoms with Crippen molar-refractivity contribution < 1.29 is 5.11 Å². The molecule has 1 unspecified atom stereocenters. The maximum absolute atomic E-state index is 10.3. The number of aromatic nitrogens is 2. The molecule has 2 aromatic rings. The number of hydrogen-bond donors (Lipinski definition) is 1. The molecule has 1 heterocycles. The molecule has 1 aromatic carbocycles. The molecule has 0 saturated carbocycles. The van der Waals surface area contributed by atoms with Crippen LogP contribution in [-0.4, -0.2) is 14.7 Å². The summed E-state index contributed by atoms with van der Waals surface area (Å²) in [5.41, 5.74) is 1.64. The summed E-state index contributed by atoms with van der Waals surface area (Å²) in [6, 6.07) is 5.44. The fraction of sp³-hybridized carbons (Fsp3) is 0.357. The molecular weight excluding hydrogens is 283 g/mol. The van der Waals surface area contributed by atoms with E-state index < -0.39 is 6.10 Å². The summed E-state index contributed by atoms with van der Waals surface area (Å²) >= 11 is 12.1. The number of hydrogen-bond acceptors (Lipinski definition) is 2. The van der Waals surface area contributed by atoms with Gasteiger partial charge in [-0.25, -0.2) is 4.98 Å². The first-order valence-electron chi connectivity index (χ1n) is 6.24. The topological polar surface area (TPSA) is 38.0 Å². The van der Waals surface area contributed by atoms with E-state index in [2.05, 4.69) is 11.9 Å². The van der Waals surface area contributed by atoms with Crippen LogP contribution in [0.4, 0.5) is 0 Å². The molecule has 102 valence electrons. The van der Waals surface area contributed by atoms with Gasteiger partial charge in [0.25, 0.3) is 0 Å².